The van der Waals surface area contributed by atoms with Crippen molar-refractivity contribution in [1.29, 1.82) is 0 Å². The summed E-state index contributed by atoms with van der Waals surface area (Å²) in [5.41, 5.74) is 0.280. The van der Waals surface area contributed by atoms with E-state index in [-0.39, 0.29) is 18.5 Å². The van der Waals surface area contributed by atoms with Crippen molar-refractivity contribution in [2.75, 3.05) is 0 Å². The molecule has 0 amide bonds. The van der Waals surface area contributed by atoms with Gasteiger partial charge in [0.2, 0.25) is 0 Å². The maximum atomic E-state index is 11.9. The summed E-state index contributed by atoms with van der Waals surface area (Å²) < 4.78 is 1.17. The average molecular weight is 232 g/mol. The number of rotatable bonds is 4. The number of benzene rings is 1. The Hall–Kier alpha value is -2.24. The smallest absolute Gasteiger partial charge is 0.277 e. The number of aromatic nitrogens is 3. The maximum absolute atomic E-state index is 11.9. The zero-order valence-electron chi connectivity index (χ0n) is 9.00. The van der Waals surface area contributed by atoms with Crippen molar-refractivity contribution in [1.82, 2.24) is 15.0 Å². The van der Waals surface area contributed by atoms with Gasteiger partial charge >= 0.3 is 0 Å². The summed E-state index contributed by atoms with van der Waals surface area (Å²) in [6.45, 7) is 0.227. The van der Waals surface area contributed by atoms with E-state index in [1.54, 1.807) is 24.3 Å². The molecule has 0 atom stereocenters. The van der Waals surface area contributed by atoms with Crippen LogP contribution in [-0.4, -0.2) is 21.0 Å². The van der Waals surface area contributed by atoms with Crippen LogP contribution in [0.5, 0.6) is 0 Å². The largest absolute Gasteiger partial charge is 0.550 e. The molecule has 0 aliphatic carbocycles. The van der Waals surface area contributed by atoms with E-state index < -0.39 is 5.97 Å². The summed E-state index contributed by atoms with van der Waals surface area (Å²) in [5.74, 6) is -1.13. The maximum Gasteiger partial charge on any atom is 0.277 e. The Bertz CT molecular complexity index is 606. The third-order valence-corrected chi connectivity index (χ3v) is 2.38. The fourth-order valence-corrected chi connectivity index (χ4v) is 1.54. The second kappa shape index (κ2) is 4.73. The highest BCUT2D eigenvalue weighted by Crippen LogP contribution is 2.03. The lowest BCUT2D eigenvalue weighted by atomic mass is 10.2. The van der Waals surface area contributed by atoms with E-state index in [0.717, 1.165) is 0 Å². The van der Waals surface area contributed by atoms with Gasteiger partial charge in [0.25, 0.3) is 5.56 Å². The molecule has 1 aromatic carbocycles. The van der Waals surface area contributed by atoms with E-state index >= 15 is 0 Å². The normalized spacial score (nSPS) is 10.6. The predicted molar refractivity (Wildman–Crippen MR) is 58.0 cm³/mol. The van der Waals surface area contributed by atoms with Gasteiger partial charge in [-0.15, -0.1) is 5.10 Å². The minimum atomic E-state index is -1.13. The lowest BCUT2D eigenvalue weighted by Gasteiger charge is -2.04. The van der Waals surface area contributed by atoms with Crippen LogP contribution in [0, 0.1) is 0 Å². The number of carbonyl (C=O) groups excluding carboxylic acids is 1. The number of carboxylic acids is 1. The van der Waals surface area contributed by atoms with Gasteiger partial charge in [-0.1, -0.05) is 17.3 Å². The molecule has 0 aliphatic rings. The minimum Gasteiger partial charge on any atom is -0.550 e. The molecule has 88 valence electrons. The van der Waals surface area contributed by atoms with Gasteiger partial charge < -0.3 is 9.90 Å². The average Bonchev–Trinajstić information content (AvgIpc) is 2.32. The molecule has 0 saturated carbocycles. The predicted octanol–water partition coefficient (Wildman–Crippen LogP) is -0.678. The standard InChI is InChI=1S/C11H11N3O3/c15-10(16)6-3-7-14-11(17)8-4-1-2-5-9(8)12-13-14/h1-2,4-5H,3,6-7H2,(H,15,16)/p-1. The van der Waals surface area contributed by atoms with Crippen LogP contribution < -0.4 is 10.7 Å². The molecule has 0 saturated heterocycles. The van der Waals surface area contributed by atoms with Crippen molar-refractivity contribution in [2.24, 2.45) is 0 Å². The summed E-state index contributed by atoms with van der Waals surface area (Å²) in [6.07, 6.45) is 0.205. The summed E-state index contributed by atoms with van der Waals surface area (Å²) >= 11 is 0. The van der Waals surface area contributed by atoms with Gasteiger partial charge in [-0.05, 0) is 25.0 Å². The SMILES string of the molecule is O=C([O-])CCCn1nnc2ccccc2c1=O. The van der Waals surface area contributed by atoms with Crippen molar-refractivity contribution < 1.29 is 9.90 Å². The Kier molecular flexibility index (Phi) is 3.13. The fraction of sp³-hybridized carbons (Fsp3) is 0.273. The van der Waals surface area contributed by atoms with E-state index in [1.807, 2.05) is 0 Å². The van der Waals surface area contributed by atoms with E-state index in [0.29, 0.717) is 17.3 Å². The van der Waals surface area contributed by atoms with Gasteiger partial charge in [0.05, 0.1) is 5.39 Å². The number of aliphatic carboxylic acids is 1. The Balaban J connectivity index is 2.27. The fourth-order valence-electron chi connectivity index (χ4n) is 1.54. The molecule has 0 spiro atoms. The lowest BCUT2D eigenvalue weighted by Crippen LogP contribution is -2.26. The topological polar surface area (TPSA) is 87.9 Å². The van der Waals surface area contributed by atoms with Crippen LogP contribution in [0.25, 0.3) is 10.9 Å². The van der Waals surface area contributed by atoms with Crippen LogP contribution >= 0.6 is 0 Å². The van der Waals surface area contributed by atoms with Gasteiger partial charge in [-0.2, -0.15) is 0 Å². The zero-order valence-corrected chi connectivity index (χ0v) is 9.00. The molecular formula is C11H10N3O3-. The molecule has 0 N–H and O–H groups in total. The van der Waals surface area contributed by atoms with Crippen LogP contribution in [0.2, 0.25) is 0 Å². The number of nitrogens with zero attached hydrogens (tertiary/aromatic N) is 3. The molecule has 2 rings (SSSR count). The van der Waals surface area contributed by atoms with E-state index in [2.05, 4.69) is 10.3 Å². The summed E-state index contributed by atoms with van der Waals surface area (Å²) in [7, 11) is 0. The molecule has 1 aromatic heterocycles. The molecule has 0 bridgehead atoms. The minimum absolute atomic E-state index is 0.0963. The molecule has 0 aliphatic heterocycles. The van der Waals surface area contributed by atoms with E-state index in [9.17, 15) is 14.7 Å². The zero-order chi connectivity index (χ0) is 12.3. The third kappa shape index (κ3) is 2.47. The first-order valence-corrected chi connectivity index (χ1v) is 5.21. The Morgan fingerprint density at radius 2 is 2.12 bits per heavy atom. The Labute approximate surface area is 96.5 Å². The van der Waals surface area contributed by atoms with E-state index in [4.69, 9.17) is 0 Å². The summed E-state index contributed by atoms with van der Waals surface area (Å²) in [4.78, 5) is 22.2. The molecule has 0 unspecified atom stereocenters. The number of aryl methyl sites for hydroxylation is 1. The van der Waals surface area contributed by atoms with Crippen molar-refractivity contribution in [3.8, 4) is 0 Å². The summed E-state index contributed by atoms with van der Waals surface area (Å²) in [6, 6.07) is 6.89. The summed E-state index contributed by atoms with van der Waals surface area (Å²) in [5, 5.41) is 18.4. The van der Waals surface area contributed by atoms with Gasteiger partial charge in [-0.3, -0.25) is 4.79 Å². The quantitative estimate of drug-likeness (QED) is 0.697. The number of hydrogen-bond donors (Lipinski definition) is 0. The second-order valence-corrected chi connectivity index (χ2v) is 3.61. The van der Waals surface area contributed by atoms with Gasteiger partial charge in [0.15, 0.2) is 0 Å². The van der Waals surface area contributed by atoms with Crippen LogP contribution in [0.4, 0.5) is 0 Å². The highest BCUT2D eigenvalue weighted by molar-refractivity contribution is 5.76. The van der Waals surface area contributed by atoms with Crippen LogP contribution in [0.15, 0.2) is 29.1 Å². The first kappa shape index (κ1) is 11.3. The third-order valence-electron chi connectivity index (χ3n) is 2.38. The molecule has 17 heavy (non-hydrogen) atoms. The first-order valence-electron chi connectivity index (χ1n) is 5.21. The lowest BCUT2D eigenvalue weighted by molar-refractivity contribution is -0.305. The Morgan fingerprint density at radius 3 is 2.88 bits per heavy atom. The van der Waals surface area contributed by atoms with Crippen molar-refractivity contribution in [2.45, 2.75) is 19.4 Å². The van der Waals surface area contributed by atoms with Crippen LogP contribution in [0.1, 0.15) is 12.8 Å². The van der Waals surface area contributed by atoms with Crippen LogP contribution in [-0.2, 0) is 11.3 Å². The molecule has 6 nitrogen and oxygen atoms in total. The molecular weight excluding hydrogens is 222 g/mol. The number of fused-ring (bicyclic) bond motifs is 1. The van der Waals surface area contributed by atoms with Gasteiger partial charge in [0.1, 0.15) is 5.52 Å². The Morgan fingerprint density at radius 1 is 1.35 bits per heavy atom. The second-order valence-electron chi connectivity index (χ2n) is 3.61. The molecule has 0 radical (unpaired) electrons. The van der Waals surface area contributed by atoms with Crippen LogP contribution in [0.3, 0.4) is 0 Å². The molecule has 6 heteroatoms. The van der Waals surface area contributed by atoms with Crippen molar-refractivity contribution in [3.63, 3.8) is 0 Å². The van der Waals surface area contributed by atoms with E-state index in [1.165, 1.54) is 4.68 Å². The number of carboxylic acid groups (broad SMARTS) is 1. The van der Waals surface area contributed by atoms with Gasteiger partial charge in [-0.25, -0.2) is 4.68 Å². The molecule has 2 aromatic rings. The number of hydrogen-bond acceptors (Lipinski definition) is 5. The first-order chi connectivity index (χ1) is 8.18. The van der Waals surface area contributed by atoms with Crippen molar-refractivity contribution in [3.05, 3.63) is 34.6 Å². The van der Waals surface area contributed by atoms with Crippen molar-refractivity contribution >= 4 is 16.9 Å². The highest BCUT2D eigenvalue weighted by Gasteiger charge is 2.04. The number of carbonyl (C=O) groups is 1. The van der Waals surface area contributed by atoms with Gasteiger partial charge in [0, 0.05) is 12.5 Å². The highest BCUT2D eigenvalue weighted by atomic mass is 16.4. The monoisotopic (exact) mass is 232 g/mol. The molecule has 0 fully saturated rings. The molecule has 1 heterocycles.